The summed E-state index contributed by atoms with van der Waals surface area (Å²) in [5.74, 6) is -7.67. The van der Waals surface area contributed by atoms with Gasteiger partial charge in [0.15, 0.2) is 5.96 Å². The molecule has 1 aromatic heterocycles. The number of aromatic amines is 1. The Morgan fingerprint density at radius 3 is 2.06 bits per heavy atom. The number of hydrogen-bond donors (Lipinski definition) is 13. The minimum absolute atomic E-state index is 0.00512. The number of allylic oxidation sites excluding steroid dienone is 2. The molecule has 0 spiro atoms. The molecule has 87 heavy (non-hydrogen) atoms. The van der Waals surface area contributed by atoms with Crippen molar-refractivity contribution in [3.63, 3.8) is 0 Å². The number of hydrogen-bond acceptors (Lipinski definition) is 16. The van der Waals surface area contributed by atoms with Gasteiger partial charge >= 0.3 is 0 Å². The van der Waals surface area contributed by atoms with Crippen LogP contribution in [-0.4, -0.2) is 185 Å². The van der Waals surface area contributed by atoms with Gasteiger partial charge in [0.25, 0.3) is 0 Å². The molecule has 9 atom stereocenters. The summed E-state index contributed by atoms with van der Waals surface area (Å²) in [6, 6.07) is 4.05. The molecular weight excluding hydrogens is 1160 g/mol. The summed E-state index contributed by atoms with van der Waals surface area (Å²) >= 11 is 0. The lowest BCUT2D eigenvalue weighted by molar-refractivity contribution is -0.143. The highest BCUT2D eigenvalue weighted by molar-refractivity contribution is 8.76. The lowest BCUT2D eigenvalue weighted by Gasteiger charge is -2.30. The minimum Gasteiger partial charge on any atom is -0.394 e. The van der Waals surface area contributed by atoms with Crippen LogP contribution in [0.15, 0.2) is 99.3 Å². The lowest BCUT2D eigenvalue weighted by atomic mass is 10.0. The van der Waals surface area contributed by atoms with E-state index in [2.05, 4.69) is 67.8 Å². The SMILES string of the molecule is CNC(=O)[C@H](CC1=CCC=N1)NC(=O)[C@@H]1CCCN1C(=O)[C@H](CO)NC(=O)[C@@H]1CSSCC[C@H](NC(C)=O)C(=O)N[C@@H](CC2=CCC=N2)C(=O)N[C@H](Cc2ccccc2)C(=O)N[C@@H](CCCN=C(N)N)C(=O)N[C@@H](Cc2c[nH]c3ccccc23)C(=O)N1. The molecule has 3 aromatic rings. The minimum atomic E-state index is -1.63. The van der Waals surface area contributed by atoms with Gasteiger partial charge in [-0.3, -0.25) is 62.9 Å². The Morgan fingerprint density at radius 2 is 1.38 bits per heavy atom. The maximum Gasteiger partial charge on any atom is 0.248 e. The molecule has 27 nitrogen and oxygen atoms in total. The number of H-pyrrole nitrogens is 1. The van der Waals surface area contributed by atoms with Crippen LogP contribution >= 0.6 is 21.6 Å². The van der Waals surface area contributed by atoms with Crippen molar-refractivity contribution in [3.8, 4) is 0 Å². The molecule has 29 heteroatoms. The standard InChI is InChI=1S/C58H76N16O11S2/c1-33(76)66-41-20-25-86-87-32-47(55(83)72-46(31-75)57(85)74-24-11-19-48(74)56(84)71-44(49(77)61-2)28-36-14-8-21-62-36)73-53(81)43(27-35-30-65-39-17-7-6-16-38(35)39)69-50(78)40(18-10-23-64-58(59)60)67-52(80)42(26-34-12-4-3-5-13-34)68-54(82)45(70-51(41)79)29-37-15-9-22-63-37/h3-7,12-17,21-22,30,40-48,65,75H,8-11,18-20,23-29,31-32H2,1-2H3,(H,61,77)(H,66,76)(H,67,80)(H,68,82)(H,69,78)(H,70,79)(H,71,84)(H,72,83)(H,73,81)(H4,59,60,64)/t40-,41-,42+,43-,44-,45-,46-,47-,48-/m0/s1. The van der Waals surface area contributed by atoms with Crippen LogP contribution in [-0.2, 0) is 60.8 Å². The summed E-state index contributed by atoms with van der Waals surface area (Å²) in [5.41, 5.74) is 14.3. The van der Waals surface area contributed by atoms with Crippen molar-refractivity contribution in [2.24, 2.45) is 26.4 Å². The summed E-state index contributed by atoms with van der Waals surface area (Å²) in [4.78, 5) is 159. The summed E-state index contributed by atoms with van der Waals surface area (Å²) in [7, 11) is 3.69. The van der Waals surface area contributed by atoms with Gasteiger partial charge in [-0.2, -0.15) is 0 Å². The van der Waals surface area contributed by atoms with E-state index in [0.29, 0.717) is 47.2 Å². The van der Waals surface area contributed by atoms with E-state index in [1.54, 1.807) is 61.1 Å². The van der Waals surface area contributed by atoms with E-state index in [0.717, 1.165) is 16.3 Å². The van der Waals surface area contributed by atoms with Gasteiger partial charge < -0.3 is 74.3 Å². The predicted octanol–water partition coefficient (Wildman–Crippen LogP) is -1.08. The van der Waals surface area contributed by atoms with Gasteiger partial charge in [-0.15, -0.1) is 0 Å². The Kier molecular flexibility index (Phi) is 24.9. The number of aliphatic hydroxyl groups excluding tert-OH is 1. The quantitative estimate of drug-likeness (QED) is 0.0277. The zero-order valence-corrected chi connectivity index (χ0v) is 50.0. The van der Waals surface area contributed by atoms with Crippen LogP contribution in [0.4, 0.5) is 0 Å². The lowest BCUT2D eigenvalue weighted by Crippen LogP contribution is -2.61. The topological polar surface area (TPSA) is 407 Å². The first-order valence-corrected chi connectivity index (χ1v) is 31.2. The molecule has 466 valence electrons. The van der Waals surface area contributed by atoms with Crippen molar-refractivity contribution in [1.29, 1.82) is 0 Å². The zero-order chi connectivity index (χ0) is 62.4. The van der Waals surface area contributed by atoms with Gasteiger partial charge in [0, 0.05) is 118 Å². The Morgan fingerprint density at radius 1 is 0.747 bits per heavy atom. The number of aliphatic hydroxyl groups is 1. The number of nitrogens with one attached hydrogen (secondary N) is 10. The van der Waals surface area contributed by atoms with Crippen molar-refractivity contribution >= 4 is 110 Å². The second-order valence-corrected chi connectivity index (χ2v) is 23.8. The van der Waals surface area contributed by atoms with Crippen molar-refractivity contribution in [3.05, 3.63) is 95.5 Å². The first-order chi connectivity index (χ1) is 41.9. The molecule has 2 aromatic carbocycles. The number of rotatable bonds is 20. The second-order valence-electron chi connectivity index (χ2n) is 21.2. The number of benzene rings is 2. The van der Waals surface area contributed by atoms with Gasteiger partial charge in [0.1, 0.15) is 54.4 Å². The molecule has 0 bridgehead atoms. The third-order valence-electron chi connectivity index (χ3n) is 14.8. The number of nitrogens with zero attached hydrogens (tertiary/aromatic N) is 4. The van der Waals surface area contributed by atoms with E-state index in [-0.39, 0.29) is 81.9 Å². The fourth-order valence-electron chi connectivity index (χ4n) is 10.3. The zero-order valence-electron chi connectivity index (χ0n) is 48.4. The number of aliphatic imine (C=N–C) groups is 3. The number of likely N-dealkylation sites (tertiary alicyclic amines) is 1. The maximum atomic E-state index is 15.1. The summed E-state index contributed by atoms with van der Waals surface area (Å²) < 4.78 is 0. The third-order valence-corrected chi connectivity index (χ3v) is 17.2. The molecule has 2 fully saturated rings. The highest BCUT2D eigenvalue weighted by Crippen LogP contribution is 2.26. The van der Waals surface area contributed by atoms with Crippen LogP contribution in [0.25, 0.3) is 10.9 Å². The van der Waals surface area contributed by atoms with E-state index < -0.39 is 120 Å². The normalized spacial score (nSPS) is 23.0. The molecule has 4 aliphatic rings. The number of para-hydroxylation sites is 1. The van der Waals surface area contributed by atoms with Crippen molar-refractivity contribution in [1.82, 2.24) is 57.7 Å². The first kappa shape index (κ1) is 66.0. The van der Waals surface area contributed by atoms with E-state index in [1.165, 1.54) is 29.7 Å². The first-order valence-electron chi connectivity index (χ1n) is 28.8. The van der Waals surface area contributed by atoms with E-state index >= 15 is 4.79 Å². The molecule has 2 saturated heterocycles. The molecule has 7 rings (SSSR count). The van der Waals surface area contributed by atoms with Crippen molar-refractivity contribution < 1.29 is 53.1 Å². The Balaban J connectivity index is 1.21. The number of guanidine groups is 1. The van der Waals surface area contributed by atoms with Gasteiger partial charge in [0.2, 0.25) is 59.1 Å². The van der Waals surface area contributed by atoms with Crippen LogP contribution in [0.2, 0.25) is 0 Å². The van der Waals surface area contributed by atoms with Crippen LogP contribution < -0.4 is 59.3 Å². The highest BCUT2D eigenvalue weighted by Gasteiger charge is 2.41. The third kappa shape index (κ3) is 19.5. The molecule has 4 aliphatic heterocycles. The number of amides is 10. The Labute approximate surface area is 510 Å². The van der Waals surface area contributed by atoms with Crippen LogP contribution in [0.3, 0.4) is 0 Å². The fraction of sp³-hybridized carbons (Fsp3) is 0.466. The number of aromatic nitrogens is 1. The van der Waals surface area contributed by atoms with Crippen LogP contribution in [0.5, 0.6) is 0 Å². The number of nitrogens with two attached hydrogens (primary N) is 2. The molecule has 5 heterocycles. The molecular formula is C58H76N16O11S2. The number of carbonyl (C=O) groups is 10. The predicted molar refractivity (Wildman–Crippen MR) is 330 cm³/mol. The molecule has 15 N–H and O–H groups in total. The largest absolute Gasteiger partial charge is 0.394 e. The van der Waals surface area contributed by atoms with Gasteiger partial charge in [-0.25, -0.2) is 0 Å². The highest BCUT2D eigenvalue weighted by atomic mass is 33.1. The molecule has 0 saturated carbocycles. The van der Waals surface area contributed by atoms with Gasteiger partial charge in [0.05, 0.1) is 6.61 Å². The number of fused-ring (bicyclic) bond motifs is 1. The second kappa shape index (κ2) is 32.8. The molecule has 0 radical (unpaired) electrons. The Bertz CT molecular complexity index is 3150. The van der Waals surface area contributed by atoms with Crippen LogP contribution in [0, 0.1) is 0 Å². The average molecular weight is 1240 g/mol. The smallest absolute Gasteiger partial charge is 0.248 e. The van der Waals surface area contributed by atoms with Crippen molar-refractivity contribution in [2.45, 2.75) is 132 Å². The summed E-state index contributed by atoms with van der Waals surface area (Å²) in [6.07, 6.45) is 10.1. The van der Waals surface area contributed by atoms with Crippen LogP contribution in [0.1, 0.15) is 75.8 Å². The number of carbonyl (C=O) groups excluding carboxylic acids is 10. The molecule has 10 amide bonds. The van der Waals surface area contributed by atoms with Gasteiger partial charge in [-0.05, 0) is 49.3 Å². The maximum absolute atomic E-state index is 15.1. The van der Waals surface area contributed by atoms with Gasteiger partial charge in [-0.1, -0.05) is 82.3 Å². The fourth-order valence-corrected chi connectivity index (χ4v) is 12.6. The summed E-state index contributed by atoms with van der Waals surface area (Å²) in [5, 5.41) is 35.9. The molecule has 0 aliphatic carbocycles. The summed E-state index contributed by atoms with van der Waals surface area (Å²) in [6.45, 7) is 0.415. The Hall–Kier alpha value is -8.57. The van der Waals surface area contributed by atoms with Crippen molar-refractivity contribution in [2.75, 3.05) is 38.2 Å². The van der Waals surface area contributed by atoms with E-state index in [9.17, 15) is 48.3 Å². The number of likely N-dealkylation sites (N-methyl/N-ethyl adjacent to an activating group) is 1. The monoisotopic (exact) mass is 1240 g/mol. The average Bonchev–Trinajstić information content (AvgIpc) is 2.85. The van der Waals surface area contributed by atoms with E-state index in [4.69, 9.17) is 11.5 Å². The van der Waals surface area contributed by atoms with E-state index in [1.807, 2.05) is 24.3 Å². The molecule has 0 unspecified atom stereocenters.